The number of H-pyrrole nitrogens is 1. The molecule has 0 bridgehead atoms. The highest BCUT2D eigenvalue weighted by Gasteiger charge is 2.18. The van der Waals surface area contributed by atoms with Gasteiger partial charge < -0.3 is 14.2 Å². The van der Waals surface area contributed by atoms with Crippen molar-refractivity contribution in [3.8, 4) is 28.5 Å². The Labute approximate surface area is 231 Å². The largest absolute Gasteiger partial charge is 0.484 e. The quantitative estimate of drug-likeness (QED) is 0.268. The molecule has 0 aliphatic heterocycles. The second-order valence-electron chi connectivity index (χ2n) is 10.8. The monoisotopic (exact) mass is 542 g/mol. The number of hydrogen-bond acceptors (Lipinski definition) is 7. The zero-order valence-corrected chi connectivity index (χ0v) is 23.5. The van der Waals surface area contributed by atoms with E-state index in [9.17, 15) is 9.59 Å². The van der Waals surface area contributed by atoms with Gasteiger partial charge in [-0.15, -0.1) is 0 Å². The smallest absolute Gasteiger partial charge is 0.332 e. The average molecular weight is 543 g/mol. The minimum atomic E-state index is -0.350. The fraction of sp³-hybridized carbons (Fsp3) is 0.367. The Hall–Kier alpha value is -4.47. The summed E-state index contributed by atoms with van der Waals surface area (Å²) in [4.78, 5) is 38.1. The van der Waals surface area contributed by atoms with Gasteiger partial charge in [-0.1, -0.05) is 64.0 Å². The van der Waals surface area contributed by atoms with Crippen molar-refractivity contribution in [1.29, 1.82) is 0 Å². The third-order valence-electron chi connectivity index (χ3n) is 6.72. The highest BCUT2D eigenvalue weighted by Crippen LogP contribution is 2.26. The maximum Gasteiger partial charge on any atom is 0.332 e. The van der Waals surface area contributed by atoms with Crippen LogP contribution in [0.25, 0.3) is 33.9 Å². The summed E-state index contributed by atoms with van der Waals surface area (Å²) in [7, 11) is 0. The van der Waals surface area contributed by atoms with E-state index in [1.807, 2.05) is 38.1 Å². The maximum atomic E-state index is 13.0. The molecule has 0 aliphatic carbocycles. The molecule has 0 radical (unpaired) electrons. The summed E-state index contributed by atoms with van der Waals surface area (Å²) >= 11 is 0. The van der Waals surface area contributed by atoms with E-state index in [-0.39, 0.29) is 23.3 Å². The predicted molar refractivity (Wildman–Crippen MR) is 153 cm³/mol. The molecule has 0 fully saturated rings. The summed E-state index contributed by atoms with van der Waals surface area (Å²) < 4.78 is 14.1. The Morgan fingerprint density at radius 3 is 2.17 bits per heavy atom. The van der Waals surface area contributed by atoms with E-state index in [0.29, 0.717) is 54.0 Å². The van der Waals surface area contributed by atoms with Gasteiger partial charge in [0.2, 0.25) is 5.82 Å². The van der Waals surface area contributed by atoms with E-state index in [4.69, 9.17) is 9.26 Å². The normalized spacial score (nSPS) is 11.8. The molecule has 0 atom stereocenters. The lowest BCUT2D eigenvalue weighted by Crippen LogP contribution is -2.40. The molecule has 0 spiro atoms. The van der Waals surface area contributed by atoms with E-state index in [1.54, 1.807) is 16.7 Å². The molecule has 5 rings (SSSR count). The van der Waals surface area contributed by atoms with Crippen LogP contribution in [-0.2, 0) is 25.1 Å². The SMILES string of the molecule is CCCn1c(=O)c2[nH]c(-c3ccc(OCc4nc(-c5ccc(C(C)(C)C)cc5)no4)cc3)nc2n(CCC)c1=O. The third kappa shape index (κ3) is 5.34. The van der Waals surface area contributed by atoms with Crippen molar-refractivity contribution in [2.75, 3.05) is 0 Å². The standard InChI is InChI=1S/C30H34N6O4/c1-6-16-35-27-24(28(37)36(17-7-2)29(35)38)32-25(33-27)19-10-14-22(15-11-19)39-18-23-31-26(34-40-23)20-8-12-21(13-9-20)30(3,4)5/h8-15H,6-7,16-18H2,1-5H3,(H,32,33). The minimum absolute atomic E-state index is 0.0718. The maximum absolute atomic E-state index is 13.0. The zero-order chi connectivity index (χ0) is 28.4. The number of hydrogen-bond donors (Lipinski definition) is 1. The van der Waals surface area contributed by atoms with Gasteiger partial charge in [0.05, 0.1) is 0 Å². The van der Waals surface area contributed by atoms with Gasteiger partial charge >= 0.3 is 5.69 Å². The van der Waals surface area contributed by atoms with Crippen LogP contribution in [0, 0.1) is 0 Å². The number of benzene rings is 2. The molecule has 40 heavy (non-hydrogen) atoms. The second-order valence-corrected chi connectivity index (χ2v) is 10.8. The molecule has 2 aromatic carbocycles. The third-order valence-corrected chi connectivity index (χ3v) is 6.72. The first-order valence-electron chi connectivity index (χ1n) is 13.6. The van der Waals surface area contributed by atoms with Crippen LogP contribution in [0.4, 0.5) is 0 Å². The summed E-state index contributed by atoms with van der Waals surface area (Å²) in [6, 6.07) is 15.4. The number of nitrogens with zero attached hydrogens (tertiary/aromatic N) is 5. The lowest BCUT2D eigenvalue weighted by molar-refractivity contribution is 0.243. The zero-order valence-electron chi connectivity index (χ0n) is 23.5. The number of aromatic amines is 1. The number of aromatic nitrogens is 6. The number of ether oxygens (including phenoxy) is 1. The van der Waals surface area contributed by atoms with E-state index in [2.05, 4.69) is 53.0 Å². The van der Waals surface area contributed by atoms with Crippen molar-refractivity contribution in [3.63, 3.8) is 0 Å². The van der Waals surface area contributed by atoms with Crippen molar-refractivity contribution < 1.29 is 9.26 Å². The molecule has 0 amide bonds. The summed E-state index contributed by atoms with van der Waals surface area (Å²) in [6.45, 7) is 11.4. The first-order valence-corrected chi connectivity index (χ1v) is 13.6. The van der Waals surface area contributed by atoms with Crippen molar-refractivity contribution >= 4 is 11.2 Å². The van der Waals surface area contributed by atoms with Crippen LogP contribution >= 0.6 is 0 Å². The Morgan fingerprint density at radius 2 is 1.52 bits per heavy atom. The van der Waals surface area contributed by atoms with Crippen molar-refractivity contribution in [2.45, 2.75) is 72.6 Å². The first kappa shape index (κ1) is 27.1. The van der Waals surface area contributed by atoms with E-state index in [0.717, 1.165) is 17.5 Å². The van der Waals surface area contributed by atoms with Crippen LogP contribution in [0.3, 0.4) is 0 Å². The molecular weight excluding hydrogens is 508 g/mol. The summed E-state index contributed by atoms with van der Waals surface area (Å²) in [5, 5.41) is 4.09. The van der Waals surface area contributed by atoms with Crippen LogP contribution in [0.15, 0.2) is 62.6 Å². The van der Waals surface area contributed by atoms with Crippen LogP contribution in [0.2, 0.25) is 0 Å². The second kappa shape index (κ2) is 11.0. The van der Waals surface area contributed by atoms with E-state index >= 15 is 0 Å². The Bertz CT molecular complexity index is 1740. The van der Waals surface area contributed by atoms with Gasteiger partial charge in [0.15, 0.2) is 12.3 Å². The van der Waals surface area contributed by atoms with E-state index in [1.165, 1.54) is 10.1 Å². The Balaban J connectivity index is 1.31. The highest BCUT2D eigenvalue weighted by atomic mass is 16.5. The molecule has 3 heterocycles. The van der Waals surface area contributed by atoms with Crippen molar-refractivity contribution in [2.24, 2.45) is 0 Å². The van der Waals surface area contributed by atoms with E-state index < -0.39 is 0 Å². The van der Waals surface area contributed by atoms with Gasteiger partial charge in [0.25, 0.3) is 11.4 Å². The van der Waals surface area contributed by atoms with Gasteiger partial charge in [0.1, 0.15) is 17.1 Å². The number of nitrogens with one attached hydrogen (secondary N) is 1. The first-order chi connectivity index (χ1) is 19.2. The molecule has 10 heteroatoms. The lowest BCUT2D eigenvalue weighted by atomic mass is 9.87. The van der Waals surface area contributed by atoms with Gasteiger partial charge in [-0.2, -0.15) is 4.98 Å². The van der Waals surface area contributed by atoms with Crippen LogP contribution < -0.4 is 16.0 Å². The summed E-state index contributed by atoms with van der Waals surface area (Å²) in [6.07, 6.45) is 1.43. The van der Waals surface area contributed by atoms with Gasteiger partial charge in [0, 0.05) is 24.2 Å². The molecule has 0 aliphatic rings. The van der Waals surface area contributed by atoms with Gasteiger partial charge in [-0.05, 0) is 48.1 Å². The lowest BCUT2D eigenvalue weighted by Gasteiger charge is -2.18. The fourth-order valence-corrected chi connectivity index (χ4v) is 4.55. The molecule has 0 saturated heterocycles. The molecule has 3 aromatic heterocycles. The fourth-order valence-electron chi connectivity index (χ4n) is 4.55. The molecule has 0 unspecified atom stereocenters. The van der Waals surface area contributed by atoms with Gasteiger partial charge in [-0.25, -0.2) is 9.78 Å². The Kier molecular flexibility index (Phi) is 7.42. The summed E-state index contributed by atoms with van der Waals surface area (Å²) in [5.41, 5.74) is 2.98. The van der Waals surface area contributed by atoms with Crippen molar-refractivity contribution in [3.05, 3.63) is 80.8 Å². The molecule has 1 N–H and O–H groups in total. The molecule has 208 valence electrons. The number of fused-ring (bicyclic) bond motifs is 1. The number of rotatable bonds is 9. The van der Waals surface area contributed by atoms with Crippen molar-refractivity contribution in [1.82, 2.24) is 29.2 Å². The molecule has 0 saturated carbocycles. The molecule has 10 nitrogen and oxygen atoms in total. The predicted octanol–water partition coefficient (Wildman–Crippen LogP) is 5.30. The molecular formula is C30H34N6O4. The topological polar surface area (TPSA) is 121 Å². The molecule has 5 aromatic rings. The van der Waals surface area contributed by atoms with Crippen LogP contribution in [-0.4, -0.2) is 29.2 Å². The summed E-state index contributed by atoms with van der Waals surface area (Å²) in [5.74, 6) is 2.01. The number of imidazole rings is 1. The average Bonchev–Trinajstić information content (AvgIpc) is 3.60. The van der Waals surface area contributed by atoms with Crippen LogP contribution in [0.5, 0.6) is 5.75 Å². The highest BCUT2D eigenvalue weighted by molar-refractivity contribution is 5.75. The van der Waals surface area contributed by atoms with Gasteiger partial charge in [-0.3, -0.25) is 13.9 Å². The number of aryl methyl sites for hydroxylation is 1. The minimum Gasteiger partial charge on any atom is -0.484 e. The van der Waals surface area contributed by atoms with Crippen LogP contribution in [0.1, 0.15) is 58.9 Å². The Morgan fingerprint density at radius 1 is 0.875 bits per heavy atom.